The van der Waals surface area contributed by atoms with Crippen molar-refractivity contribution in [1.29, 1.82) is 0 Å². The number of ether oxygens (including phenoxy) is 3. The molecule has 1 N–H and O–H groups in total. The maximum Gasteiger partial charge on any atom is 0.0701 e. The van der Waals surface area contributed by atoms with Gasteiger partial charge in [0.05, 0.1) is 39.6 Å². The molecular weight excluding hydrogens is 270 g/mol. The van der Waals surface area contributed by atoms with Crippen molar-refractivity contribution < 1.29 is 14.2 Å². The smallest absolute Gasteiger partial charge is 0.0701 e. The van der Waals surface area contributed by atoms with Gasteiger partial charge in [0.2, 0.25) is 0 Å². The van der Waals surface area contributed by atoms with Crippen LogP contribution in [0.1, 0.15) is 19.8 Å². The summed E-state index contributed by atoms with van der Waals surface area (Å²) in [6.45, 7) is 8.91. The van der Waals surface area contributed by atoms with Crippen LogP contribution in [-0.4, -0.2) is 62.5 Å². The van der Waals surface area contributed by atoms with E-state index in [0.29, 0.717) is 33.0 Å². The molecule has 6 heteroatoms. The minimum Gasteiger partial charge on any atom is -0.379 e. The Bertz CT molecular complexity index is 307. The molecule has 6 nitrogen and oxygen atoms in total. The molecule has 21 heavy (non-hydrogen) atoms. The molecule has 0 radical (unpaired) electrons. The molecule has 0 fully saturated rings. The van der Waals surface area contributed by atoms with E-state index < -0.39 is 0 Å². The van der Waals surface area contributed by atoms with Crippen LogP contribution in [0.4, 0.5) is 0 Å². The van der Waals surface area contributed by atoms with Crippen molar-refractivity contribution in [3.63, 3.8) is 0 Å². The number of unbranched alkanes of at least 4 members (excludes halogenated alkanes) is 1. The molecule has 0 saturated heterocycles. The molecule has 0 saturated carbocycles. The van der Waals surface area contributed by atoms with Gasteiger partial charge in [-0.3, -0.25) is 4.68 Å². The summed E-state index contributed by atoms with van der Waals surface area (Å²) in [5, 5.41) is 7.44. The van der Waals surface area contributed by atoms with Gasteiger partial charge in [0.25, 0.3) is 0 Å². The van der Waals surface area contributed by atoms with Crippen LogP contribution in [0.2, 0.25) is 0 Å². The first-order chi connectivity index (χ1) is 10.4. The van der Waals surface area contributed by atoms with Crippen molar-refractivity contribution in [2.45, 2.75) is 26.3 Å². The number of aromatic nitrogens is 2. The van der Waals surface area contributed by atoms with Crippen LogP contribution in [-0.2, 0) is 20.8 Å². The van der Waals surface area contributed by atoms with Gasteiger partial charge in [0, 0.05) is 32.1 Å². The Morgan fingerprint density at radius 2 is 1.67 bits per heavy atom. The quantitative estimate of drug-likeness (QED) is 0.495. The van der Waals surface area contributed by atoms with Gasteiger partial charge in [-0.15, -0.1) is 0 Å². The highest BCUT2D eigenvalue weighted by Gasteiger charge is 1.93. The molecule has 0 aliphatic heterocycles. The van der Waals surface area contributed by atoms with Crippen molar-refractivity contribution in [2.75, 3.05) is 52.7 Å². The average Bonchev–Trinajstić information content (AvgIpc) is 3.01. The molecule has 0 atom stereocenters. The van der Waals surface area contributed by atoms with Crippen LogP contribution in [0, 0.1) is 0 Å². The Hall–Kier alpha value is -0.950. The molecule has 0 aromatic carbocycles. The summed E-state index contributed by atoms with van der Waals surface area (Å²) in [4.78, 5) is 0. The van der Waals surface area contributed by atoms with Gasteiger partial charge >= 0.3 is 0 Å². The van der Waals surface area contributed by atoms with Crippen LogP contribution >= 0.6 is 0 Å². The SMILES string of the molecule is CCCCOCCOCCOCCNCCn1cccn1. The molecule has 0 unspecified atom stereocenters. The monoisotopic (exact) mass is 299 g/mol. The van der Waals surface area contributed by atoms with E-state index in [0.717, 1.165) is 32.7 Å². The number of hydrogen-bond donors (Lipinski definition) is 1. The summed E-state index contributed by atoms with van der Waals surface area (Å²) >= 11 is 0. The minimum atomic E-state index is 0.629. The summed E-state index contributed by atoms with van der Waals surface area (Å²) in [5.41, 5.74) is 0. The summed E-state index contributed by atoms with van der Waals surface area (Å²) in [5.74, 6) is 0. The fourth-order valence-electron chi connectivity index (χ4n) is 1.68. The maximum atomic E-state index is 5.47. The van der Waals surface area contributed by atoms with Crippen LogP contribution in [0.25, 0.3) is 0 Å². The first kappa shape index (κ1) is 18.1. The van der Waals surface area contributed by atoms with Gasteiger partial charge in [0.15, 0.2) is 0 Å². The first-order valence-electron chi connectivity index (χ1n) is 7.85. The van der Waals surface area contributed by atoms with Gasteiger partial charge in [-0.1, -0.05) is 13.3 Å². The van der Waals surface area contributed by atoms with E-state index in [-0.39, 0.29) is 0 Å². The number of nitrogens with zero attached hydrogens (tertiary/aromatic N) is 2. The largest absolute Gasteiger partial charge is 0.379 e. The highest BCUT2D eigenvalue weighted by Crippen LogP contribution is 1.88. The highest BCUT2D eigenvalue weighted by molar-refractivity contribution is 4.77. The fourth-order valence-corrected chi connectivity index (χ4v) is 1.68. The van der Waals surface area contributed by atoms with E-state index >= 15 is 0 Å². The fraction of sp³-hybridized carbons (Fsp3) is 0.800. The third-order valence-corrected chi connectivity index (χ3v) is 2.89. The lowest BCUT2D eigenvalue weighted by Crippen LogP contribution is -2.24. The van der Waals surface area contributed by atoms with Gasteiger partial charge in [-0.25, -0.2) is 0 Å². The molecule has 0 spiro atoms. The molecule has 0 aliphatic carbocycles. The predicted molar refractivity (Wildman–Crippen MR) is 82.5 cm³/mol. The Kier molecular flexibility index (Phi) is 12.1. The average molecular weight is 299 g/mol. The van der Waals surface area contributed by atoms with E-state index in [1.165, 1.54) is 6.42 Å². The van der Waals surface area contributed by atoms with Gasteiger partial charge < -0.3 is 19.5 Å². The number of hydrogen-bond acceptors (Lipinski definition) is 5. The molecule has 0 aliphatic rings. The van der Waals surface area contributed by atoms with Crippen molar-refractivity contribution in [1.82, 2.24) is 15.1 Å². The minimum absolute atomic E-state index is 0.629. The van der Waals surface area contributed by atoms with Crippen LogP contribution in [0.5, 0.6) is 0 Å². The highest BCUT2D eigenvalue weighted by atomic mass is 16.5. The van der Waals surface area contributed by atoms with Crippen molar-refractivity contribution in [3.8, 4) is 0 Å². The Morgan fingerprint density at radius 1 is 0.952 bits per heavy atom. The second-order valence-corrected chi connectivity index (χ2v) is 4.71. The van der Waals surface area contributed by atoms with Crippen molar-refractivity contribution in [3.05, 3.63) is 18.5 Å². The zero-order valence-electron chi connectivity index (χ0n) is 13.1. The molecular formula is C15H29N3O3. The second kappa shape index (κ2) is 14.0. The molecule has 1 heterocycles. The topological polar surface area (TPSA) is 57.5 Å². The van der Waals surface area contributed by atoms with Gasteiger partial charge in [-0.05, 0) is 12.5 Å². The Balaban J connectivity index is 1.69. The normalized spacial score (nSPS) is 11.1. The first-order valence-corrected chi connectivity index (χ1v) is 7.85. The molecule has 1 aromatic rings. The third kappa shape index (κ3) is 11.4. The number of rotatable bonds is 15. The Labute approximate surface area is 127 Å². The lowest BCUT2D eigenvalue weighted by Gasteiger charge is -2.07. The zero-order valence-corrected chi connectivity index (χ0v) is 13.1. The van der Waals surface area contributed by atoms with E-state index in [2.05, 4.69) is 17.3 Å². The van der Waals surface area contributed by atoms with E-state index in [1.807, 2.05) is 16.9 Å². The van der Waals surface area contributed by atoms with E-state index in [9.17, 15) is 0 Å². The van der Waals surface area contributed by atoms with Crippen LogP contribution < -0.4 is 5.32 Å². The van der Waals surface area contributed by atoms with E-state index in [4.69, 9.17) is 14.2 Å². The molecule has 0 amide bonds. The van der Waals surface area contributed by atoms with Gasteiger partial charge in [0.1, 0.15) is 0 Å². The molecule has 1 rings (SSSR count). The lowest BCUT2D eigenvalue weighted by molar-refractivity contribution is 0.0146. The summed E-state index contributed by atoms with van der Waals surface area (Å²) in [6, 6.07) is 1.93. The molecule has 122 valence electrons. The second-order valence-electron chi connectivity index (χ2n) is 4.71. The van der Waals surface area contributed by atoms with Crippen LogP contribution in [0.3, 0.4) is 0 Å². The standard InChI is InChI=1S/C15H29N3O3/c1-2-3-10-19-12-14-21-15-13-20-11-7-16-6-9-18-8-4-5-17-18/h4-5,8,16H,2-3,6-7,9-15H2,1H3. The maximum absolute atomic E-state index is 5.47. The van der Waals surface area contributed by atoms with Crippen LogP contribution in [0.15, 0.2) is 18.5 Å². The molecule has 0 bridgehead atoms. The van der Waals surface area contributed by atoms with E-state index in [1.54, 1.807) is 6.20 Å². The number of nitrogens with one attached hydrogen (secondary N) is 1. The predicted octanol–water partition coefficient (Wildman–Crippen LogP) is 1.32. The molecule has 1 aromatic heterocycles. The van der Waals surface area contributed by atoms with Crippen molar-refractivity contribution in [2.24, 2.45) is 0 Å². The van der Waals surface area contributed by atoms with Gasteiger partial charge in [-0.2, -0.15) is 5.10 Å². The zero-order chi connectivity index (χ0) is 15.0. The summed E-state index contributed by atoms with van der Waals surface area (Å²) in [6.07, 6.45) is 6.04. The third-order valence-electron chi connectivity index (χ3n) is 2.89. The summed E-state index contributed by atoms with van der Waals surface area (Å²) < 4.78 is 18.2. The summed E-state index contributed by atoms with van der Waals surface area (Å²) in [7, 11) is 0. The lowest BCUT2D eigenvalue weighted by atomic mass is 10.4. The van der Waals surface area contributed by atoms with Crippen molar-refractivity contribution >= 4 is 0 Å². The Morgan fingerprint density at radius 3 is 2.33 bits per heavy atom.